The van der Waals surface area contributed by atoms with Crippen LogP contribution in [0.1, 0.15) is 101 Å². The molecule has 0 N–H and O–H groups in total. The van der Waals surface area contributed by atoms with E-state index in [-0.39, 0.29) is 36.4 Å². The van der Waals surface area contributed by atoms with Gasteiger partial charge in [-0.3, -0.25) is 4.79 Å². The summed E-state index contributed by atoms with van der Waals surface area (Å²) in [6.45, 7) is 18.5. The lowest BCUT2D eigenvalue weighted by Gasteiger charge is -2.44. The van der Waals surface area contributed by atoms with Gasteiger partial charge in [0.1, 0.15) is 31.9 Å². The van der Waals surface area contributed by atoms with Gasteiger partial charge in [-0.2, -0.15) is 0 Å². The topological polar surface area (TPSA) is 97.4 Å². The predicted octanol–water partition coefficient (Wildman–Crippen LogP) is 10.6. The summed E-state index contributed by atoms with van der Waals surface area (Å²) < 4.78 is 31.3. The van der Waals surface area contributed by atoms with Gasteiger partial charge >= 0.3 is 11.9 Å². The quantitative estimate of drug-likeness (QED) is 0.0112. The van der Waals surface area contributed by atoms with Gasteiger partial charge in [-0.05, 0) is 91.8 Å². The fourth-order valence-electron chi connectivity index (χ4n) is 6.65. The summed E-state index contributed by atoms with van der Waals surface area (Å²) in [5.41, 5.74) is 1.31. The van der Waals surface area contributed by atoms with Crippen LogP contribution < -0.4 is 10.4 Å². The highest BCUT2D eigenvalue weighted by atomic mass is 127. The minimum absolute atomic E-state index is 0.0716. The standard InChI is InChI=1S/C49H69IO8Si/c1-38(23-15-11-17-25-42(35-51)56-37-54-10)34-45(40(3)33-39(2)36-55-47(53)48(4,5)6)57-46(52)30-22-12-16-24-41(31-32-50)58-59(49(7,8)9,43-26-18-13-19-27-43)44-28-20-14-21-29-44/h11,13-15,18-23,26-33,35,40-42,45H,12,16-17,24-25,34,36-37H2,1-10H3/b15-11+,30-22+,32-31+,38-23+,39-33+/t40-,41+,42+,45-/m1/s1. The van der Waals surface area contributed by atoms with Crippen molar-refractivity contribution in [2.75, 3.05) is 20.5 Å². The van der Waals surface area contributed by atoms with Gasteiger partial charge < -0.3 is 28.2 Å². The van der Waals surface area contributed by atoms with Crippen molar-refractivity contribution in [3.63, 3.8) is 0 Å². The number of rotatable bonds is 25. The highest BCUT2D eigenvalue weighted by Crippen LogP contribution is 2.38. The maximum absolute atomic E-state index is 13.3. The van der Waals surface area contributed by atoms with Gasteiger partial charge in [-0.1, -0.05) is 153 Å². The summed E-state index contributed by atoms with van der Waals surface area (Å²) in [6.07, 6.45) is 17.2. The van der Waals surface area contributed by atoms with E-state index in [1.807, 2.05) is 76.0 Å². The third-order valence-electron chi connectivity index (χ3n) is 9.80. The van der Waals surface area contributed by atoms with E-state index in [1.165, 1.54) is 23.6 Å². The van der Waals surface area contributed by atoms with Crippen molar-refractivity contribution >= 4 is 59.5 Å². The van der Waals surface area contributed by atoms with Gasteiger partial charge in [0.15, 0.2) is 0 Å². The van der Waals surface area contributed by atoms with Crippen LogP contribution in [-0.4, -0.2) is 65.4 Å². The highest BCUT2D eigenvalue weighted by molar-refractivity contribution is 14.1. The molecule has 59 heavy (non-hydrogen) atoms. The lowest BCUT2D eigenvalue weighted by atomic mass is 9.95. The van der Waals surface area contributed by atoms with Crippen LogP contribution in [0.3, 0.4) is 0 Å². The van der Waals surface area contributed by atoms with Crippen LogP contribution in [0.4, 0.5) is 0 Å². The molecule has 0 aromatic heterocycles. The number of ether oxygens (including phenoxy) is 4. The van der Waals surface area contributed by atoms with Crippen LogP contribution in [-0.2, 0) is 37.8 Å². The fourth-order valence-corrected chi connectivity index (χ4v) is 11.8. The normalized spacial score (nSPS) is 15.4. The summed E-state index contributed by atoms with van der Waals surface area (Å²) in [7, 11) is -1.22. The number of methoxy groups -OCH3 is 1. The molecule has 0 radical (unpaired) electrons. The maximum atomic E-state index is 13.3. The van der Waals surface area contributed by atoms with Crippen molar-refractivity contribution in [2.45, 2.75) is 124 Å². The average molecular weight is 941 g/mol. The van der Waals surface area contributed by atoms with Gasteiger partial charge in [-0.15, -0.1) is 0 Å². The first-order chi connectivity index (χ1) is 28.0. The monoisotopic (exact) mass is 940 g/mol. The van der Waals surface area contributed by atoms with E-state index in [1.54, 1.807) is 0 Å². The zero-order valence-electron chi connectivity index (χ0n) is 37.1. The van der Waals surface area contributed by atoms with E-state index in [4.69, 9.17) is 23.4 Å². The lowest BCUT2D eigenvalue weighted by molar-refractivity contribution is -0.151. The van der Waals surface area contributed by atoms with E-state index in [2.05, 4.69) is 110 Å². The summed E-state index contributed by atoms with van der Waals surface area (Å²) in [5.74, 6) is -0.829. The number of carbonyl (C=O) groups excluding carboxylic acids is 3. The third kappa shape index (κ3) is 18.4. The number of halogens is 1. The molecule has 4 atom stereocenters. The molecule has 0 aliphatic heterocycles. The van der Waals surface area contributed by atoms with Crippen molar-refractivity contribution in [3.05, 3.63) is 118 Å². The Bertz CT molecular complexity index is 1660. The minimum Gasteiger partial charge on any atom is -0.461 e. The zero-order chi connectivity index (χ0) is 43.9. The molecule has 2 aromatic rings. The number of esters is 2. The SMILES string of the molecule is COCO[C@H](C=O)CC/C=C/C=C(\C)C[C@@H](OC(=O)/C=C/CCC[C@@H](/C=C/I)O[Si](c1ccccc1)(c1ccccc1)C(C)(C)C)[C@H](C)/C=C(\C)COC(=O)C(C)(C)C. The molecule has 0 unspecified atom stereocenters. The number of hydrogen-bond donors (Lipinski definition) is 0. The summed E-state index contributed by atoms with van der Waals surface area (Å²) >= 11 is 2.27. The van der Waals surface area contributed by atoms with Crippen molar-refractivity contribution in [2.24, 2.45) is 11.3 Å². The molecule has 0 saturated carbocycles. The predicted molar refractivity (Wildman–Crippen MR) is 251 cm³/mol. The smallest absolute Gasteiger partial charge is 0.330 e. The second-order valence-corrected chi connectivity index (χ2v) is 22.1. The fraction of sp³-hybridized carbons (Fsp3) is 0.490. The van der Waals surface area contributed by atoms with Crippen LogP contribution in [0.25, 0.3) is 0 Å². The Labute approximate surface area is 369 Å². The highest BCUT2D eigenvalue weighted by Gasteiger charge is 2.51. The molecule has 0 aliphatic rings. The van der Waals surface area contributed by atoms with E-state index in [0.29, 0.717) is 25.7 Å². The van der Waals surface area contributed by atoms with Crippen LogP contribution in [0.15, 0.2) is 118 Å². The molecule has 10 heteroatoms. The second-order valence-electron chi connectivity index (χ2n) is 17.1. The molecule has 2 rings (SSSR count). The minimum atomic E-state index is -2.74. The van der Waals surface area contributed by atoms with Crippen molar-refractivity contribution in [1.29, 1.82) is 0 Å². The Hall–Kier alpha value is -3.42. The van der Waals surface area contributed by atoms with Crippen LogP contribution >= 0.6 is 22.6 Å². The number of allylic oxidation sites excluding steroid dienone is 4. The van der Waals surface area contributed by atoms with Gasteiger partial charge in [0, 0.05) is 25.5 Å². The van der Waals surface area contributed by atoms with Crippen molar-refractivity contribution in [3.8, 4) is 0 Å². The summed E-state index contributed by atoms with van der Waals surface area (Å²) in [6, 6.07) is 21.3. The molecule has 8 nitrogen and oxygen atoms in total. The largest absolute Gasteiger partial charge is 0.461 e. The molecular weight excluding hydrogens is 872 g/mol. The molecule has 0 heterocycles. The maximum Gasteiger partial charge on any atom is 0.330 e. The number of hydrogen-bond acceptors (Lipinski definition) is 8. The third-order valence-corrected chi connectivity index (χ3v) is 15.3. The first-order valence-electron chi connectivity index (χ1n) is 20.6. The van der Waals surface area contributed by atoms with Gasteiger partial charge in [0.05, 0.1) is 11.5 Å². The number of benzene rings is 2. The molecule has 0 aliphatic carbocycles. The van der Waals surface area contributed by atoms with E-state index < -0.39 is 31.9 Å². The summed E-state index contributed by atoms with van der Waals surface area (Å²) in [5, 5.41) is 2.34. The molecule has 2 aromatic carbocycles. The first-order valence-corrected chi connectivity index (χ1v) is 23.8. The van der Waals surface area contributed by atoms with Crippen LogP contribution in [0.5, 0.6) is 0 Å². The molecule has 324 valence electrons. The first kappa shape index (κ1) is 51.7. The molecule has 0 fully saturated rings. The lowest BCUT2D eigenvalue weighted by Crippen LogP contribution is -2.67. The molecule has 0 saturated heterocycles. The second kappa shape index (κ2) is 26.7. The Kier molecular flexibility index (Phi) is 23.4. The van der Waals surface area contributed by atoms with E-state index in [9.17, 15) is 14.4 Å². The molecule has 0 bridgehead atoms. The number of carbonyl (C=O) groups is 3. The molecule has 0 amide bonds. The van der Waals surface area contributed by atoms with Crippen LogP contribution in [0.2, 0.25) is 5.04 Å². The summed E-state index contributed by atoms with van der Waals surface area (Å²) in [4.78, 5) is 37.0. The van der Waals surface area contributed by atoms with Crippen molar-refractivity contribution in [1.82, 2.24) is 0 Å². The zero-order valence-corrected chi connectivity index (χ0v) is 40.2. The Morgan fingerprint density at radius 2 is 1.47 bits per heavy atom. The Balaban J connectivity index is 2.18. The van der Waals surface area contributed by atoms with Gasteiger partial charge in [0.2, 0.25) is 0 Å². The average Bonchev–Trinajstić information content (AvgIpc) is 3.19. The van der Waals surface area contributed by atoms with Crippen LogP contribution in [0, 0.1) is 11.3 Å². The Morgan fingerprint density at radius 1 is 0.847 bits per heavy atom. The van der Waals surface area contributed by atoms with E-state index >= 15 is 0 Å². The van der Waals surface area contributed by atoms with Gasteiger partial charge in [-0.25, -0.2) is 4.79 Å². The number of aldehydes is 1. The van der Waals surface area contributed by atoms with Gasteiger partial charge in [0.25, 0.3) is 8.32 Å². The Morgan fingerprint density at radius 3 is 2.02 bits per heavy atom. The van der Waals surface area contributed by atoms with E-state index in [0.717, 1.165) is 30.3 Å². The number of unbranched alkanes of at least 4 members (excludes halogenated alkanes) is 1. The molecule has 0 spiro atoms. The van der Waals surface area contributed by atoms with Crippen molar-refractivity contribution < 1.29 is 37.8 Å². The molecular formula is C49H69IO8Si.